The van der Waals surface area contributed by atoms with E-state index >= 15 is 0 Å². The third kappa shape index (κ3) is 1.31. The van der Waals surface area contributed by atoms with Gasteiger partial charge in [0.25, 0.3) is 5.91 Å². The molecule has 1 heterocycles. The molecule has 3 N–H and O–H groups in total. The number of nitrogens with one attached hydrogen (secondary N) is 1. The van der Waals surface area contributed by atoms with Crippen molar-refractivity contribution < 1.29 is 4.79 Å². The van der Waals surface area contributed by atoms with Crippen LogP contribution in [-0.4, -0.2) is 12.5 Å². The number of hydrogen-bond acceptors (Lipinski definition) is 2. The zero-order chi connectivity index (χ0) is 9.26. The molecule has 0 unspecified atom stereocenters. The monoisotopic (exact) mass is 176 g/mol. The maximum atomic E-state index is 11.4. The van der Waals surface area contributed by atoms with Gasteiger partial charge in [0.15, 0.2) is 0 Å². The maximum Gasteiger partial charge on any atom is 0.251 e. The number of fused-ring (bicyclic) bond motifs is 1. The number of carbonyl (C=O) groups is 1. The van der Waals surface area contributed by atoms with Crippen molar-refractivity contribution in [3.8, 4) is 0 Å². The van der Waals surface area contributed by atoms with Crippen molar-refractivity contribution in [2.45, 2.75) is 13.0 Å². The largest absolute Gasteiger partial charge is 0.352 e. The first-order valence-electron chi connectivity index (χ1n) is 4.42. The van der Waals surface area contributed by atoms with E-state index in [0.29, 0.717) is 6.54 Å². The van der Waals surface area contributed by atoms with Gasteiger partial charge in [0.05, 0.1) is 0 Å². The Balaban J connectivity index is 2.54. The van der Waals surface area contributed by atoms with Crippen LogP contribution in [0.15, 0.2) is 18.2 Å². The lowest BCUT2D eigenvalue weighted by Crippen LogP contribution is -2.32. The number of rotatable bonds is 1. The zero-order valence-electron chi connectivity index (χ0n) is 7.34. The summed E-state index contributed by atoms with van der Waals surface area (Å²) in [4.78, 5) is 11.4. The highest BCUT2D eigenvalue weighted by Crippen LogP contribution is 2.17. The van der Waals surface area contributed by atoms with Crippen LogP contribution in [0, 0.1) is 0 Å². The number of benzene rings is 1. The van der Waals surface area contributed by atoms with Gasteiger partial charge in [0.2, 0.25) is 0 Å². The SMILES string of the molecule is NCc1cccc2c1CCNC2=O. The average Bonchev–Trinajstić information content (AvgIpc) is 2.18. The van der Waals surface area contributed by atoms with E-state index in [2.05, 4.69) is 5.32 Å². The molecular formula is C10H12N2O. The van der Waals surface area contributed by atoms with Crippen molar-refractivity contribution in [3.63, 3.8) is 0 Å². The molecule has 0 bridgehead atoms. The molecule has 0 fully saturated rings. The van der Waals surface area contributed by atoms with E-state index in [0.717, 1.165) is 29.7 Å². The van der Waals surface area contributed by atoms with Gasteiger partial charge in [0, 0.05) is 18.7 Å². The summed E-state index contributed by atoms with van der Waals surface area (Å²) in [7, 11) is 0. The van der Waals surface area contributed by atoms with Crippen LogP contribution in [0.2, 0.25) is 0 Å². The molecule has 0 atom stereocenters. The Morgan fingerprint density at radius 1 is 1.46 bits per heavy atom. The molecule has 0 saturated heterocycles. The Kier molecular flexibility index (Phi) is 2.02. The molecule has 3 heteroatoms. The van der Waals surface area contributed by atoms with Crippen molar-refractivity contribution in [1.82, 2.24) is 5.32 Å². The van der Waals surface area contributed by atoms with Gasteiger partial charge in [0.1, 0.15) is 0 Å². The van der Waals surface area contributed by atoms with Crippen molar-refractivity contribution in [2.75, 3.05) is 6.54 Å². The molecule has 1 aliphatic rings. The van der Waals surface area contributed by atoms with Crippen molar-refractivity contribution in [2.24, 2.45) is 5.73 Å². The first kappa shape index (κ1) is 8.26. The molecule has 3 nitrogen and oxygen atoms in total. The summed E-state index contributed by atoms with van der Waals surface area (Å²) in [5.41, 5.74) is 8.58. The van der Waals surface area contributed by atoms with Crippen LogP contribution in [-0.2, 0) is 13.0 Å². The van der Waals surface area contributed by atoms with E-state index in [1.807, 2.05) is 18.2 Å². The van der Waals surface area contributed by atoms with E-state index in [1.165, 1.54) is 0 Å². The first-order chi connectivity index (χ1) is 6.33. The molecule has 2 rings (SSSR count). The second-order valence-corrected chi connectivity index (χ2v) is 3.15. The van der Waals surface area contributed by atoms with E-state index in [4.69, 9.17) is 5.73 Å². The molecule has 1 amide bonds. The smallest absolute Gasteiger partial charge is 0.251 e. The average molecular weight is 176 g/mol. The predicted octanol–water partition coefficient (Wildman–Crippen LogP) is 0.431. The molecule has 0 aliphatic carbocycles. The lowest BCUT2D eigenvalue weighted by Gasteiger charge is -2.18. The lowest BCUT2D eigenvalue weighted by molar-refractivity contribution is 0.0946. The summed E-state index contributed by atoms with van der Waals surface area (Å²) >= 11 is 0. The Morgan fingerprint density at radius 2 is 2.31 bits per heavy atom. The summed E-state index contributed by atoms with van der Waals surface area (Å²) < 4.78 is 0. The van der Waals surface area contributed by atoms with E-state index in [9.17, 15) is 4.79 Å². The minimum Gasteiger partial charge on any atom is -0.352 e. The number of amides is 1. The fraction of sp³-hybridized carbons (Fsp3) is 0.300. The fourth-order valence-electron chi connectivity index (χ4n) is 1.73. The Hall–Kier alpha value is -1.35. The van der Waals surface area contributed by atoms with Gasteiger partial charge in [-0.15, -0.1) is 0 Å². The van der Waals surface area contributed by atoms with Gasteiger partial charge >= 0.3 is 0 Å². The van der Waals surface area contributed by atoms with Crippen LogP contribution in [0.5, 0.6) is 0 Å². The first-order valence-corrected chi connectivity index (χ1v) is 4.42. The Morgan fingerprint density at radius 3 is 3.08 bits per heavy atom. The predicted molar refractivity (Wildman–Crippen MR) is 50.4 cm³/mol. The third-order valence-corrected chi connectivity index (χ3v) is 2.40. The topological polar surface area (TPSA) is 55.1 Å². The molecular weight excluding hydrogens is 164 g/mol. The minimum absolute atomic E-state index is 0.0246. The van der Waals surface area contributed by atoms with Crippen LogP contribution < -0.4 is 11.1 Å². The van der Waals surface area contributed by atoms with Crippen LogP contribution in [0.3, 0.4) is 0 Å². The standard InChI is InChI=1S/C10H12N2O/c11-6-7-2-1-3-9-8(7)4-5-12-10(9)13/h1-3H,4-6,11H2,(H,12,13). The normalized spacial score (nSPS) is 15.0. The highest BCUT2D eigenvalue weighted by Gasteiger charge is 2.17. The van der Waals surface area contributed by atoms with Crippen LogP contribution in [0.25, 0.3) is 0 Å². The number of nitrogens with two attached hydrogens (primary N) is 1. The number of hydrogen-bond donors (Lipinski definition) is 2. The van der Waals surface area contributed by atoms with Crippen molar-refractivity contribution in [3.05, 3.63) is 34.9 Å². The second kappa shape index (κ2) is 3.18. The summed E-state index contributed by atoms with van der Waals surface area (Å²) in [5.74, 6) is 0.0246. The molecule has 1 aromatic rings. The van der Waals surface area contributed by atoms with E-state index < -0.39 is 0 Å². The van der Waals surface area contributed by atoms with Crippen molar-refractivity contribution in [1.29, 1.82) is 0 Å². The lowest BCUT2D eigenvalue weighted by atomic mass is 9.95. The summed E-state index contributed by atoms with van der Waals surface area (Å²) in [6, 6.07) is 5.71. The van der Waals surface area contributed by atoms with Crippen LogP contribution >= 0.6 is 0 Å². The maximum absolute atomic E-state index is 11.4. The molecule has 0 aromatic heterocycles. The molecule has 13 heavy (non-hydrogen) atoms. The Bertz CT molecular complexity index is 347. The quantitative estimate of drug-likeness (QED) is 0.652. The highest BCUT2D eigenvalue weighted by atomic mass is 16.1. The van der Waals surface area contributed by atoms with E-state index in [-0.39, 0.29) is 5.91 Å². The van der Waals surface area contributed by atoms with Gasteiger partial charge in [-0.05, 0) is 23.6 Å². The molecule has 68 valence electrons. The van der Waals surface area contributed by atoms with Crippen LogP contribution in [0.4, 0.5) is 0 Å². The zero-order valence-corrected chi connectivity index (χ0v) is 7.34. The molecule has 0 radical (unpaired) electrons. The second-order valence-electron chi connectivity index (χ2n) is 3.15. The Labute approximate surface area is 76.9 Å². The minimum atomic E-state index is 0.0246. The van der Waals surface area contributed by atoms with Gasteiger partial charge in [-0.2, -0.15) is 0 Å². The van der Waals surface area contributed by atoms with Gasteiger partial charge < -0.3 is 11.1 Å². The molecule has 0 spiro atoms. The molecule has 1 aromatic carbocycles. The van der Waals surface area contributed by atoms with Crippen LogP contribution in [0.1, 0.15) is 21.5 Å². The summed E-state index contributed by atoms with van der Waals surface area (Å²) in [5, 5.41) is 2.81. The summed E-state index contributed by atoms with van der Waals surface area (Å²) in [6.45, 7) is 1.24. The third-order valence-electron chi connectivity index (χ3n) is 2.40. The number of carbonyl (C=O) groups excluding carboxylic acids is 1. The molecule has 1 aliphatic heterocycles. The van der Waals surface area contributed by atoms with Gasteiger partial charge in [-0.1, -0.05) is 12.1 Å². The van der Waals surface area contributed by atoms with Gasteiger partial charge in [-0.3, -0.25) is 4.79 Å². The summed E-state index contributed by atoms with van der Waals surface area (Å²) in [6.07, 6.45) is 0.897. The van der Waals surface area contributed by atoms with Crippen molar-refractivity contribution >= 4 is 5.91 Å². The molecule has 0 saturated carbocycles. The van der Waals surface area contributed by atoms with E-state index in [1.54, 1.807) is 0 Å². The fourth-order valence-corrected chi connectivity index (χ4v) is 1.73. The van der Waals surface area contributed by atoms with Gasteiger partial charge in [-0.25, -0.2) is 0 Å². The highest BCUT2D eigenvalue weighted by molar-refractivity contribution is 5.97.